The molecule has 2 nitrogen and oxygen atoms in total. The molecule has 0 atom stereocenters. The average Bonchev–Trinajstić information content (AvgIpc) is 1.69. The Bertz CT molecular complexity index is 114. The average molecular weight is 148 g/mol. The molecule has 0 saturated heterocycles. The van der Waals surface area contributed by atoms with Gasteiger partial charge in [0.25, 0.3) is 0 Å². The summed E-state index contributed by atoms with van der Waals surface area (Å²) in [5.41, 5.74) is 0. The Balaban J connectivity index is 3.33. The maximum atomic E-state index is 4.21. The zero-order valence-electron chi connectivity index (χ0n) is 3.12. The summed E-state index contributed by atoms with van der Waals surface area (Å²) in [4.78, 5) is 0. The van der Waals surface area contributed by atoms with Crippen LogP contribution in [0.15, 0.2) is 8.80 Å². The van der Waals surface area contributed by atoms with E-state index in [-0.39, 0.29) is 0 Å². The van der Waals surface area contributed by atoms with Crippen molar-refractivity contribution in [3.05, 3.63) is 0 Å². The predicted molar refractivity (Wildman–Crippen MR) is 37.6 cm³/mol. The summed E-state index contributed by atoms with van der Waals surface area (Å²) < 4.78 is 6.69. The lowest BCUT2D eigenvalue weighted by molar-refractivity contribution is 1.91. The fourth-order valence-electron chi connectivity index (χ4n) is 0.0537. The fourth-order valence-corrected chi connectivity index (χ4v) is 0.361. The van der Waals surface area contributed by atoms with Gasteiger partial charge in [0.1, 0.15) is 12.1 Å². The molecule has 0 amide bonds. The van der Waals surface area contributed by atoms with E-state index in [0.717, 1.165) is 12.1 Å². The Hall–Kier alpha value is -0.0500. The lowest BCUT2D eigenvalue weighted by Crippen LogP contribution is -1.38. The van der Waals surface area contributed by atoms with E-state index in [0.29, 0.717) is 0 Å². The van der Waals surface area contributed by atoms with E-state index in [4.69, 9.17) is 0 Å². The van der Waals surface area contributed by atoms with Gasteiger partial charge in [0.05, 0.1) is 10.3 Å². The Labute approximate surface area is 56.0 Å². The van der Waals surface area contributed by atoms with Crippen molar-refractivity contribution in [1.82, 2.24) is 0 Å². The SMILES string of the molecule is S=C=NSN=C=S. The van der Waals surface area contributed by atoms with Crippen LogP contribution in [-0.2, 0) is 0 Å². The number of hydrogen-bond donors (Lipinski definition) is 0. The van der Waals surface area contributed by atoms with Gasteiger partial charge in [-0.15, -0.1) is 8.80 Å². The van der Waals surface area contributed by atoms with Gasteiger partial charge in [0.2, 0.25) is 0 Å². The number of nitrogens with zero attached hydrogens (tertiary/aromatic N) is 2. The molecule has 0 saturated carbocycles. The molecule has 0 rings (SSSR count). The third-order valence-electron chi connectivity index (χ3n) is 0.156. The number of rotatable bonds is 2. The molecule has 36 valence electrons. The summed E-state index contributed by atoms with van der Waals surface area (Å²) in [6, 6.07) is 0. The lowest BCUT2D eigenvalue weighted by Gasteiger charge is -1.63. The molecular weight excluding hydrogens is 148 g/mol. The molecule has 0 unspecified atom stereocenters. The Morgan fingerprint density at radius 2 is 1.57 bits per heavy atom. The predicted octanol–water partition coefficient (Wildman–Crippen LogP) is 1.76. The van der Waals surface area contributed by atoms with E-state index in [9.17, 15) is 0 Å². The van der Waals surface area contributed by atoms with Crippen LogP contribution in [0.2, 0.25) is 0 Å². The van der Waals surface area contributed by atoms with Gasteiger partial charge in [-0.3, -0.25) is 0 Å². The van der Waals surface area contributed by atoms with Crippen LogP contribution < -0.4 is 0 Å². The second kappa shape index (κ2) is 5.95. The molecule has 0 aromatic rings. The quantitative estimate of drug-likeness (QED) is 0.339. The van der Waals surface area contributed by atoms with Crippen molar-refractivity contribution in [2.75, 3.05) is 0 Å². The monoisotopic (exact) mass is 148 g/mol. The van der Waals surface area contributed by atoms with E-state index in [1.165, 1.54) is 0 Å². The van der Waals surface area contributed by atoms with Crippen molar-refractivity contribution < 1.29 is 0 Å². The number of isothiocyanates is 2. The molecule has 5 heteroatoms. The van der Waals surface area contributed by atoms with Crippen LogP contribution in [-0.4, -0.2) is 10.3 Å². The Morgan fingerprint density at radius 1 is 1.14 bits per heavy atom. The highest BCUT2D eigenvalue weighted by atomic mass is 32.2. The highest BCUT2D eigenvalue weighted by molar-refractivity contribution is 7.97. The summed E-state index contributed by atoms with van der Waals surface area (Å²) in [5.74, 6) is 0. The first-order chi connectivity index (χ1) is 3.41. The van der Waals surface area contributed by atoms with E-state index >= 15 is 0 Å². The largest absolute Gasteiger partial charge is 0.136 e. The van der Waals surface area contributed by atoms with Gasteiger partial charge < -0.3 is 0 Å². The van der Waals surface area contributed by atoms with Crippen molar-refractivity contribution >= 4 is 46.9 Å². The van der Waals surface area contributed by atoms with Crippen molar-refractivity contribution in [2.24, 2.45) is 8.80 Å². The van der Waals surface area contributed by atoms with Gasteiger partial charge in [0.15, 0.2) is 0 Å². The minimum absolute atomic E-state index is 0.873. The van der Waals surface area contributed by atoms with Crippen LogP contribution in [0.1, 0.15) is 0 Å². The lowest BCUT2D eigenvalue weighted by atomic mass is 11.8. The van der Waals surface area contributed by atoms with E-state index in [2.05, 4.69) is 43.6 Å². The first-order valence-corrected chi connectivity index (χ1v) is 2.77. The van der Waals surface area contributed by atoms with E-state index in [1.54, 1.807) is 0 Å². The molecule has 0 aliphatic carbocycles. The second-order valence-corrected chi connectivity index (χ2v) is 1.34. The Morgan fingerprint density at radius 3 is 1.86 bits per heavy atom. The summed E-state index contributed by atoms with van der Waals surface area (Å²) in [6.07, 6.45) is 0. The van der Waals surface area contributed by atoms with Crippen molar-refractivity contribution in [3.63, 3.8) is 0 Å². The van der Waals surface area contributed by atoms with Gasteiger partial charge in [-0.25, -0.2) is 0 Å². The summed E-state index contributed by atoms with van der Waals surface area (Å²) in [5, 5.41) is 4.19. The zero-order valence-corrected chi connectivity index (χ0v) is 5.57. The van der Waals surface area contributed by atoms with Crippen LogP contribution in [0.3, 0.4) is 0 Å². The van der Waals surface area contributed by atoms with E-state index in [1.807, 2.05) is 0 Å². The van der Waals surface area contributed by atoms with Gasteiger partial charge >= 0.3 is 0 Å². The molecule has 7 heavy (non-hydrogen) atoms. The molecule has 0 aliphatic heterocycles. The third-order valence-corrected chi connectivity index (χ3v) is 0.916. The van der Waals surface area contributed by atoms with Crippen LogP contribution in [0.4, 0.5) is 0 Å². The number of thiocarbonyl (C=S) groups is 2. The summed E-state index contributed by atoms with van der Waals surface area (Å²) >= 11 is 9.28. The van der Waals surface area contributed by atoms with Crippen molar-refractivity contribution in [3.8, 4) is 0 Å². The maximum Gasteiger partial charge on any atom is 0.135 e. The van der Waals surface area contributed by atoms with Gasteiger partial charge in [0, 0.05) is 0 Å². The molecule has 0 aromatic carbocycles. The van der Waals surface area contributed by atoms with Crippen LogP contribution in [0, 0.1) is 0 Å². The minimum atomic E-state index is 0.873. The van der Waals surface area contributed by atoms with E-state index < -0.39 is 0 Å². The molecule has 0 aromatic heterocycles. The van der Waals surface area contributed by atoms with Gasteiger partial charge in [-0.05, 0) is 24.4 Å². The van der Waals surface area contributed by atoms with Crippen LogP contribution >= 0.6 is 36.6 Å². The van der Waals surface area contributed by atoms with Crippen LogP contribution in [0.5, 0.6) is 0 Å². The molecule has 0 N–H and O–H groups in total. The first kappa shape index (κ1) is 6.95. The maximum absolute atomic E-state index is 4.21. The fraction of sp³-hybridized carbons (Fsp3) is 0. The summed E-state index contributed by atoms with van der Waals surface area (Å²) in [7, 11) is 0. The molecule has 0 fully saturated rings. The minimum Gasteiger partial charge on any atom is -0.136 e. The van der Waals surface area contributed by atoms with Crippen molar-refractivity contribution in [1.29, 1.82) is 0 Å². The van der Waals surface area contributed by atoms with Crippen LogP contribution in [0.25, 0.3) is 0 Å². The molecule has 0 aliphatic rings. The smallest absolute Gasteiger partial charge is 0.135 e. The Kier molecular flexibility index (Phi) is 5.91. The highest BCUT2D eigenvalue weighted by Crippen LogP contribution is 1.97. The third kappa shape index (κ3) is 5.95. The van der Waals surface area contributed by atoms with Gasteiger partial charge in [-0.2, -0.15) is 0 Å². The topological polar surface area (TPSA) is 24.7 Å². The second-order valence-electron chi connectivity index (χ2n) is 0.447. The first-order valence-electron chi connectivity index (χ1n) is 1.22. The standard InChI is InChI=1S/C2N2S3/c5-1-3-7-4-2-6. The highest BCUT2D eigenvalue weighted by Gasteiger charge is 1.62. The number of hydrogen-bond acceptors (Lipinski definition) is 5. The molecule has 0 bridgehead atoms. The molecule has 0 heterocycles. The molecular formula is C2N2S3. The normalized spacial score (nSPS) is 5.71. The van der Waals surface area contributed by atoms with Crippen molar-refractivity contribution in [2.45, 2.75) is 0 Å². The zero-order chi connectivity index (χ0) is 5.54. The molecule has 0 radical (unpaired) electrons. The summed E-state index contributed by atoms with van der Waals surface area (Å²) in [6.45, 7) is 0. The van der Waals surface area contributed by atoms with Gasteiger partial charge in [-0.1, -0.05) is 0 Å². The molecule has 0 spiro atoms.